The van der Waals surface area contributed by atoms with E-state index in [0.717, 1.165) is 12.8 Å². The number of amides is 2. The molecule has 0 radical (unpaired) electrons. The molecule has 0 unspecified atom stereocenters. The van der Waals surface area contributed by atoms with Gasteiger partial charge in [0.15, 0.2) is 0 Å². The first-order valence-electron chi connectivity index (χ1n) is 10.8. The Labute approximate surface area is 169 Å². The first kappa shape index (κ1) is 22.0. The van der Waals surface area contributed by atoms with Crippen LogP contribution in [-0.2, 0) is 0 Å². The van der Waals surface area contributed by atoms with E-state index in [1.807, 2.05) is 12.1 Å². The Morgan fingerprint density at radius 3 is 1.74 bits per heavy atom. The molecule has 1 aromatic rings. The first-order chi connectivity index (χ1) is 13.3. The highest BCUT2D eigenvalue weighted by molar-refractivity contribution is 7.99. The maximum absolute atomic E-state index is 12.3. The largest absolute Gasteiger partial charge is 0.274 e. The van der Waals surface area contributed by atoms with Crippen LogP contribution in [0.15, 0.2) is 24.3 Å². The summed E-state index contributed by atoms with van der Waals surface area (Å²) in [6, 6.07) is 7.13. The third kappa shape index (κ3) is 7.33. The van der Waals surface area contributed by atoms with Crippen LogP contribution < -0.4 is 0 Å². The number of unbranched alkanes of at least 4 members (excludes halogenated alkanes) is 9. The van der Waals surface area contributed by atoms with Crippen LogP contribution in [0, 0.1) is 0 Å². The van der Waals surface area contributed by atoms with Gasteiger partial charge in [-0.1, -0.05) is 70.4 Å². The lowest BCUT2D eigenvalue weighted by Crippen LogP contribution is -2.30. The number of hydrogen-bond donors (Lipinski definition) is 0. The van der Waals surface area contributed by atoms with E-state index in [2.05, 4.69) is 18.7 Å². The number of thioether (sulfide) groups is 1. The van der Waals surface area contributed by atoms with Gasteiger partial charge in [-0.3, -0.25) is 14.5 Å². The van der Waals surface area contributed by atoms with Crippen LogP contribution >= 0.6 is 11.8 Å². The summed E-state index contributed by atoms with van der Waals surface area (Å²) in [5, 5.41) is 0. The molecule has 2 amide bonds. The summed E-state index contributed by atoms with van der Waals surface area (Å²) in [5.74, 6) is 2.34. The predicted octanol–water partition coefficient (Wildman–Crippen LogP) is 6.33. The Morgan fingerprint density at radius 2 is 1.19 bits per heavy atom. The number of carbonyl (C=O) groups excluding carboxylic acids is 2. The molecule has 27 heavy (non-hydrogen) atoms. The minimum absolute atomic E-state index is 0.123. The van der Waals surface area contributed by atoms with Gasteiger partial charge in [0.05, 0.1) is 11.1 Å². The van der Waals surface area contributed by atoms with E-state index in [4.69, 9.17) is 0 Å². The van der Waals surface area contributed by atoms with E-state index in [1.54, 1.807) is 12.1 Å². The second kappa shape index (κ2) is 13.0. The summed E-state index contributed by atoms with van der Waals surface area (Å²) in [6.45, 7) is 2.82. The van der Waals surface area contributed by atoms with E-state index in [9.17, 15) is 9.59 Å². The van der Waals surface area contributed by atoms with Gasteiger partial charge in [0, 0.05) is 6.54 Å². The lowest BCUT2D eigenvalue weighted by atomic mass is 10.1. The van der Waals surface area contributed by atoms with Crippen LogP contribution in [0.1, 0.15) is 98.3 Å². The summed E-state index contributed by atoms with van der Waals surface area (Å²) in [6.07, 6.45) is 14.0. The SMILES string of the molecule is CCCCCCCCSCCCCCCCN1C(=O)c2ccccc2C1=O. The number of hydrogen-bond acceptors (Lipinski definition) is 3. The normalized spacial score (nSPS) is 13.4. The Hall–Kier alpha value is -1.29. The summed E-state index contributed by atoms with van der Waals surface area (Å²) in [5.41, 5.74) is 1.12. The fourth-order valence-electron chi connectivity index (χ4n) is 3.53. The molecule has 1 heterocycles. The number of carbonyl (C=O) groups is 2. The maximum Gasteiger partial charge on any atom is 0.261 e. The van der Waals surface area contributed by atoms with Crippen molar-refractivity contribution in [2.45, 2.75) is 77.6 Å². The second-order valence-electron chi connectivity index (χ2n) is 7.46. The van der Waals surface area contributed by atoms with E-state index in [-0.39, 0.29) is 11.8 Å². The number of rotatable bonds is 15. The van der Waals surface area contributed by atoms with Crippen molar-refractivity contribution in [1.82, 2.24) is 4.90 Å². The standard InChI is InChI=1S/C23H35NO2S/c1-2-3-4-5-8-13-18-27-19-14-9-6-7-12-17-24-22(25)20-15-10-11-16-21(20)23(24)26/h10-11,15-16H,2-9,12-14,17-19H2,1H3. The van der Waals surface area contributed by atoms with Crippen LogP contribution in [-0.4, -0.2) is 34.8 Å². The van der Waals surface area contributed by atoms with E-state index < -0.39 is 0 Å². The summed E-state index contributed by atoms with van der Waals surface area (Å²) in [7, 11) is 0. The van der Waals surface area contributed by atoms with Gasteiger partial charge in [0.2, 0.25) is 0 Å². The summed E-state index contributed by atoms with van der Waals surface area (Å²) >= 11 is 2.10. The van der Waals surface area contributed by atoms with Crippen molar-refractivity contribution in [3.8, 4) is 0 Å². The molecule has 2 rings (SSSR count). The van der Waals surface area contributed by atoms with Gasteiger partial charge >= 0.3 is 0 Å². The fourth-order valence-corrected chi connectivity index (χ4v) is 4.55. The van der Waals surface area contributed by atoms with Crippen molar-refractivity contribution in [3.05, 3.63) is 35.4 Å². The van der Waals surface area contributed by atoms with Crippen LogP contribution in [0.3, 0.4) is 0 Å². The molecule has 0 saturated carbocycles. The van der Waals surface area contributed by atoms with Crippen molar-refractivity contribution in [3.63, 3.8) is 0 Å². The van der Waals surface area contributed by atoms with Crippen molar-refractivity contribution in [2.75, 3.05) is 18.1 Å². The maximum atomic E-state index is 12.3. The Balaban J connectivity index is 1.43. The molecule has 0 fully saturated rings. The van der Waals surface area contributed by atoms with E-state index in [0.29, 0.717) is 17.7 Å². The van der Waals surface area contributed by atoms with Gasteiger partial charge in [-0.2, -0.15) is 11.8 Å². The molecule has 0 aromatic heterocycles. The fraction of sp³-hybridized carbons (Fsp3) is 0.652. The zero-order valence-electron chi connectivity index (χ0n) is 16.9. The zero-order valence-corrected chi connectivity index (χ0v) is 17.7. The molecule has 0 spiro atoms. The summed E-state index contributed by atoms with van der Waals surface area (Å²) in [4.78, 5) is 26.0. The van der Waals surface area contributed by atoms with Crippen LogP contribution in [0.25, 0.3) is 0 Å². The molecule has 1 aliphatic heterocycles. The van der Waals surface area contributed by atoms with Gasteiger partial charge in [0.25, 0.3) is 11.8 Å². The van der Waals surface area contributed by atoms with E-state index >= 15 is 0 Å². The average molecular weight is 390 g/mol. The van der Waals surface area contributed by atoms with Crippen molar-refractivity contribution in [2.24, 2.45) is 0 Å². The molecular formula is C23H35NO2S. The molecule has 0 saturated heterocycles. The van der Waals surface area contributed by atoms with Crippen LogP contribution in [0.4, 0.5) is 0 Å². The monoisotopic (exact) mass is 389 g/mol. The lowest BCUT2D eigenvalue weighted by molar-refractivity contribution is 0.0651. The molecule has 0 aliphatic carbocycles. The third-order valence-electron chi connectivity index (χ3n) is 5.19. The molecule has 3 nitrogen and oxygen atoms in total. The smallest absolute Gasteiger partial charge is 0.261 e. The molecule has 150 valence electrons. The molecular weight excluding hydrogens is 354 g/mol. The predicted molar refractivity (Wildman–Crippen MR) is 116 cm³/mol. The number of imide groups is 1. The molecule has 4 heteroatoms. The molecule has 0 N–H and O–H groups in total. The topological polar surface area (TPSA) is 37.4 Å². The van der Waals surface area contributed by atoms with Gasteiger partial charge in [0.1, 0.15) is 0 Å². The van der Waals surface area contributed by atoms with Gasteiger partial charge in [-0.05, 0) is 42.9 Å². The summed E-state index contributed by atoms with van der Waals surface area (Å²) < 4.78 is 0. The minimum atomic E-state index is -0.123. The Morgan fingerprint density at radius 1 is 0.704 bits per heavy atom. The second-order valence-corrected chi connectivity index (χ2v) is 8.68. The minimum Gasteiger partial charge on any atom is -0.274 e. The molecule has 1 aromatic carbocycles. The zero-order chi connectivity index (χ0) is 19.3. The highest BCUT2D eigenvalue weighted by Gasteiger charge is 2.34. The number of fused-ring (bicyclic) bond motifs is 1. The Bertz CT molecular complexity index is 552. The highest BCUT2D eigenvalue weighted by Crippen LogP contribution is 2.23. The number of nitrogens with zero attached hydrogens (tertiary/aromatic N) is 1. The van der Waals surface area contributed by atoms with Gasteiger partial charge in [-0.15, -0.1) is 0 Å². The number of benzene rings is 1. The highest BCUT2D eigenvalue weighted by atomic mass is 32.2. The molecule has 1 aliphatic rings. The van der Waals surface area contributed by atoms with Crippen LogP contribution in [0.2, 0.25) is 0 Å². The first-order valence-corrected chi connectivity index (χ1v) is 11.9. The molecule has 0 atom stereocenters. The van der Waals surface area contributed by atoms with Gasteiger partial charge < -0.3 is 0 Å². The van der Waals surface area contributed by atoms with Crippen molar-refractivity contribution in [1.29, 1.82) is 0 Å². The van der Waals surface area contributed by atoms with Crippen molar-refractivity contribution < 1.29 is 9.59 Å². The molecule has 0 bridgehead atoms. The van der Waals surface area contributed by atoms with Crippen LogP contribution in [0.5, 0.6) is 0 Å². The average Bonchev–Trinajstić information content (AvgIpc) is 2.93. The van der Waals surface area contributed by atoms with Crippen molar-refractivity contribution >= 4 is 23.6 Å². The quantitative estimate of drug-likeness (QED) is 0.260. The van der Waals surface area contributed by atoms with E-state index in [1.165, 1.54) is 74.2 Å². The Kier molecular flexibility index (Phi) is 10.6. The third-order valence-corrected chi connectivity index (χ3v) is 6.35. The lowest BCUT2D eigenvalue weighted by Gasteiger charge is -2.13. The van der Waals surface area contributed by atoms with Gasteiger partial charge in [-0.25, -0.2) is 0 Å².